The molecule has 2 aromatic carbocycles. The summed E-state index contributed by atoms with van der Waals surface area (Å²) >= 11 is 0. The Balaban J connectivity index is 1.57. The standard InChI is InChI=1S/C23H28FN3/c1-17-4-8-21(23(25)14-17)9-5-18(2)27-13-12-26(15-19(27)3)16-20-6-10-22(24)11-7-20/h4-11,14,19H,2,12-13,15-16,25H2,1,3H3/b9-5+/t19-/m1/s1. The summed E-state index contributed by atoms with van der Waals surface area (Å²) in [5.74, 6) is -0.186. The predicted octanol–water partition coefficient (Wildman–Crippen LogP) is 4.45. The van der Waals surface area contributed by atoms with Crippen molar-refractivity contribution in [3.05, 3.63) is 83.3 Å². The molecular weight excluding hydrogens is 337 g/mol. The van der Waals surface area contributed by atoms with Gasteiger partial charge >= 0.3 is 0 Å². The number of piperazine rings is 1. The fraction of sp³-hybridized carbons (Fsp3) is 0.304. The minimum Gasteiger partial charge on any atom is -0.398 e. The van der Waals surface area contributed by atoms with Gasteiger partial charge in [-0.25, -0.2) is 4.39 Å². The summed E-state index contributed by atoms with van der Waals surface area (Å²) in [6.45, 7) is 12.2. The van der Waals surface area contributed by atoms with Crippen LogP contribution in [0.25, 0.3) is 6.08 Å². The zero-order valence-electron chi connectivity index (χ0n) is 16.2. The second kappa shape index (κ2) is 8.40. The number of hydrogen-bond donors (Lipinski definition) is 1. The quantitative estimate of drug-likeness (QED) is 0.628. The van der Waals surface area contributed by atoms with Gasteiger partial charge in [0.05, 0.1) is 0 Å². The van der Waals surface area contributed by atoms with Crippen molar-refractivity contribution in [1.82, 2.24) is 9.80 Å². The largest absolute Gasteiger partial charge is 0.398 e. The first-order valence-corrected chi connectivity index (χ1v) is 9.39. The van der Waals surface area contributed by atoms with E-state index in [1.807, 2.05) is 43.3 Å². The van der Waals surface area contributed by atoms with Crippen LogP contribution in [-0.4, -0.2) is 35.5 Å². The molecule has 1 fully saturated rings. The van der Waals surface area contributed by atoms with Crippen molar-refractivity contribution in [2.24, 2.45) is 0 Å². The van der Waals surface area contributed by atoms with Gasteiger partial charge in [-0.3, -0.25) is 4.90 Å². The third-order valence-corrected chi connectivity index (χ3v) is 5.10. The van der Waals surface area contributed by atoms with E-state index in [2.05, 4.69) is 29.4 Å². The van der Waals surface area contributed by atoms with Crippen LogP contribution in [0, 0.1) is 12.7 Å². The highest BCUT2D eigenvalue weighted by Gasteiger charge is 2.23. The summed E-state index contributed by atoms with van der Waals surface area (Å²) in [6.07, 6.45) is 4.09. The Morgan fingerprint density at radius 3 is 2.63 bits per heavy atom. The molecule has 1 atom stereocenters. The maximum Gasteiger partial charge on any atom is 0.123 e. The molecule has 4 heteroatoms. The Hall–Kier alpha value is -2.59. The van der Waals surface area contributed by atoms with Crippen molar-refractivity contribution in [2.75, 3.05) is 25.4 Å². The van der Waals surface area contributed by atoms with Gasteiger partial charge in [-0.1, -0.05) is 36.9 Å². The van der Waals surface area contributed by atoms with Crippen molar-refractivity contribution in [3.63, 3.8) is 0 Å². The van der Waals surface area contributed by atoms with Crippen LogP contribution < -0.4 is 5.73 Å². The van der Waals surface area contributed by atoms with Crippen LogP contribution in [-0.2, 0) is 6.54 Å². The van der Waals surface area contributed by atoms with Crippen molar-refractivity contribution in [2.45, 2.75) is 26.4 Å². The Morgan fingerprint density at radius 2 is 1.96 bits per heavy atom. The number of nitrogens with zero attached hydrogens (tertiary/aromatic N) is 2. The average molecular weight is 365 g/mol. The number of anilines is 1. The SMILES string of the molecule is C=C(/C=C/c1ccc(C)cc1N)N1CCN(Cc2ccc(F)cc2)C[C@H]1C. The van der Waals surface area contributed by atoms with Crippen molar-refractivity contribution < 1.29 is 4.39 Å². The van der Waals surface area contributed by atoms with E-state index in [-0.39, 0.29) is 5.82 Å². The van der Waals surface area contributed by atoms with E-state index in [1.54, 1.807) is 0 Å². The monoisotopic (exact) mass is 365 g/mol. The number of nitrogen functional groups attached to an aromatic ring is 1. The summed E-state index contributed by atoms with van der Waals surface area (Å²) in [6, 6.07) is 13.2. The minimum absolute atomic E-state index is 0.186. The topological polar surface area (TPSA) is 32.5 Å². The fourth-order valence-electron chi connectivity index (χ4n) is 3.58. The van der Waals surface area contributed by atoms with Gasteiger partial charge in [0.25, 0.3) is 0 Å². The number of nitrogens with two attached hydrogens (primary N) is 1. The highest BCUT2D eigenvalue weighted by Crippen LogP contribution is 2.20. The molecule has 3 rings (SSSR count). The molecule has 1 aliphatic heterocycles. The van der Waals surface area contributed by atoms with Crippen LogP contribution in [0.5, 0.6) is 0 Å². The van der Waals surface area contributed by atoms with Gasteiger partial charge in [-0.2, -0.15) is 0 Å². The molecule has 1 saturated heterocycles. The smallest absolute Gasteiger partial charge is 0.123 e. The number of halogens is 1. The van der Waals surface area contributed by atoms with Gasteiger partial charge in [0.2, 0.25) is 0 Å². The van der Waals surface area contributed by atoms with Gasteiger partial charge < -0.3 is 10.6 Å². The maximum atomic E-state index is 13.1. The van der Waals surface area contributed by atoms with Crippen molar-refractivity contribution in [1.29, 1.82) is 0 Å². The van der Waals surface area contributed by atoms with E-state index in [4.69, 9.17) is 5.73 Å². The molecule has 1 heterocycles. The Kier molecular flexibility index (Phi) is 5.97. The van der Waals surface area contributed by atoms with E-state index in [0.29, 0.717) is 6.04 Å². The highest BCUT2D eigenvalue weighted by atomic mass is 19.1. The van der Waals surface area contributed by atoms with E-state index >= 15 is 0 Å². The molecule has 0 bridgehead atoms. The third-order valence-electron chi connectivity index (χ3n) is 5.10. The Labute approximate surface area is 161 Å². The lowest BCUT2D eigenvalue weighted by Crippen LogP contribution is -2.50. The molecule has 0 amide bonds. The molecule has 0 aliphatic carbocycles. The van der Waals surface area contributed by atoms with E-state index in [9.17, 15) is 4.39 Å². The third kappa shape index (κ3) is 4.98. The molecule has 2 N–H and O–H groups in total. The van der Waals surface area contributed by atoms with E-state index in [0.717, 1.165) is 54.3 Å². The van der Waals surface area contributed by atoms with Crippen LogP contribution in [0.2, 0.25) is 0 Å². The van der Waals surface area contributed by atoms with E-state index in [1.165, 1.54) is 12.1 Å². The number of benzene rings is 2. The van der Waals surface area contributed by atoms with Crippen LogP contribution >= 0.6 is 0 Å². The molecule has 2 aromatic rings. The molecule has 0 aromatic heterocycles. The molecule has 142 valence electrons. The summed E-state index contributed by atoms with van der Waals surface area (Å²) in [7, 11) is 0. The molecule has 0 unspecified atom stereocenters. The van der Waals surface area contributed by atoms with Gasteiger partial charge in [0.15, 0.2) is 0 Å². The summed E-state index contributed by atoms with van der Waals surface area (Å²) in [5.41, 5.74) is 11.2. The summed E-state index contributed by atoms with van der Waals surface area (Å²) < 4.78 is 13.1. The van der Waals surface area contributed by atoms with Crippen LogP contribution in [0.3, 0.4) is 0 Å². The van der Waals surface area contributed by atoms with Crippen LogP contribution in [0.1, 0.15) is 23.6 Å². The Morgan fingerprint density at radius 1 is 1.22 bits per heavy atom. The number of hydrogen-bond acceptors (Lipinski definition) is 3. The zero-order valence-corrected chi connectivity index (χ0v) is 16.2. The number of rotatable bonds is 5. The maximum absolute atomic E-state index is 13.1. The second-order valence-corrected chi connectivity index (χ2v) is 7.36. The highest BCUT2D eigenvalue weighted by molar-refractivity contribution is 5.66. The average Bonchev–Trinajstić information content (AvgIpc) is 2.63. The van der Waals surface area contributed by atoms with Gasteiger partial charge in [-0.05, 0) is 54.8 Å². The Bertz CT molecular complexity index is 826. The lowest BCUT2D eigenvalue weighted by atomic mass is 10.1. The molecule has 0 saturated carbocycles. The normalized spacial score (nSPS) is 18.2. The van der Waals surface area contributed by atoms with Gasteiger partial charge in [0.1, 0.15) is 5.82 Å². The van der Waals surface area contributed by atoms with Crippen molar-refractivity contribution in [3.8, 4) is 0 Å². The fourth-order valence-corrected chi connectivity index (χ4v) is 3.58. The second-order valence-electron chi connectivity index (χ2n) is 7.36. The molecular formula is C23H28FN3. The number of allylic oxidation sites excluding steroid dienone is 1. The molecule has 3 nitrogen and oxygen atoms in total. The lowest BCUT2D eigenvalue weighted by Gasteiger charge is -2.41. The molecule has 27 heavy (non-hydrogen) atoms. The van der Waals surface area contributed by atoms with Crippen LogP contribution in [0.15, 0.2) is 60.8 Å². The molecule has 0 radical (unpaired) electrons. The van der Waals surface area contributed by atoms with E-state index < -0.39 is 0 Å². The summed E-state index contributed by atoms with van der Waals surface area (Å²) in [5, 5.41) is 0. The minimum atomic E-state index is -0.186. The van der Waals surface area contributed by atoms with Crippen LogP contribution in [0.4, 0.5) is 10.1 Å². The van der Waals surface area contributed by atoms with Crippen molar-refractivity contribution >= 4 is 11.8 Å². The van der Waals surface area contributed by atoms with Gasteiger partial charge in [0, 0.05) is 43.6 Å². The first-order valence-electron chi connectivity index (χ1n) is 9.39. The first-order chi connectivity index (χ1) is 12.9. The molecule has 0 spiro atoms. The van der Waals surface area contributed by atoms with Gasteiger partial charge in [-0.15, -0.1) is 0 Å². The lowest BCUT2D eigenvalue weighted by molar-refractivity contribution is 0.109. The summed E-state index contributed by atoms with van der Waals surface area (Å²) in [4.78, 5) is 4.74. The predicted molar refractivity (Wildman–Crippen MR) is 112 cm³/mol. The molecule has 1 aliphatic rings. The first kappa shape index (κ1) is 19.2. The zero-order chi connectivity index (χ0) is 19.4. The number of aryl methyl sites for hydroxylation is 1.